The van der Waals surface area contributed by atoms with Crippen LogP contribution in [-0.2, 0) is 32.0 Å². The van der Waals surface area contributed by atoms with Crippen LogP contribution in [0.5, 0.6) is 0 Å². The molecule has 2 aliphatic heterocycles. The first-order valence-electron chi connectivity index (χ1n) is 14.9. The van der Waals surface area contributed by atoms with E-state index in [1.807, 2.05) is 42.5 Å². The third-order valence-electron chi connectivity index (χ3n) is 8.87. The molecule has 9 heteroatoms. The summed E-state index contributed by atoms with van der Waals surface area (Å²) in [5.74, 6) is -0.849. The zero-order valence-corrected chi connectivity index (χ0v) is 24.0. The van der Waals surface area contributed by atoms with Crippen LogP contribution in [0.15, 0.2) is 54.6 Å². The number of hydrogen-bond acceptors (Lipinski definition) is 5. The molecule has 4 amide bonds. The number of benzene rings is 2. The van der Waals surface area contributed by atoms with E-state index in [2.05, 4.69) is 28.1 Å². The number of nitrogens with one attached hydrogen (secondary N) is 3. The highest BCUT2D eigenvalue weighted by atomic mass is 16.2. The minimum atomic E-state index is -0.940. The zero-order valence-electron chi connectivity index (χ0n) is 24.0. The van der Waals surface area contributed by atoms with Crippen molar-refractivity contribution in [2.75, 3.05) is 20.1 Å². The summed E-state index contributed by atoms with van der Waals surface area (Å²) in [6.07, 6.45) is 4.93. The van der Waals surface area contributed by atoms with Crippen LogP contribution in [0.3, 0.4) is 0 Å². The van der Waals surface area contributed by atoms with Crippen molar-refractivity contribution >= 4 is 23.6 Å². The summed E-state index contributed by atoms with van der Waals surface area (Å²) >= 11 is 0. The zero-order chi connectivity index (χ0) is 28.9. The molecular weight excluding hydrogens is 518 g/mol. The van der Waals surface area contributed by atoms with Crippen LogP contribution < -0.4 is 16.0 Å². The van der Waals surface area contributed by atoms with Crippen LogP contribution in [0, 0.1) is 0 Å². The average Bonchev–Trinajstić information content (AvgIpc) is 3.41. The normalized spacial score (nSPS) is 24.9. The molecule has 2 aromatic carbocycles. The number of carbonyl (C=O) groups is 4. The Bertz CT molecular complexity index is 1270. The first-order valence-corrected chi connectivity index (χ1v) is 14.9. The topological polar surface area (TPSA) is 111 Å². The van der Waals surface area contributed by atoms with E-state index in [0.717, 1.165) is 30.4 Å². The number of aryl methyl sites for hydroxylation is 1. The Morgan fingerprint density at radius 1 is 0.927 bits per heavy atom. The van der Waals surface area contributed by atoms with Crippen molar-refractivity contribution in [3.8, 4) is 0 Å². The van der Waals surface area contributed by atoms with Crippen LogP contribution in [0.2, 0.25) is 0 Å². The Morgan fingerprint density at radius 2 is 1.68 bits per heavy atom. The summed E-state index contributed by atoms with van der Waals surface area (Å²) in [6.45, 7) is 2.25. The van der Waals surface area contributed by atoms with Gasteiger partial charge in [0.2, 0.25) is 23.6 Å². The predicted octanol–water partition coefficient (Wildman–Crippen LogP) is 2.11. The van der Waals surface area contributed by atoms with E-state index in [9.17, 15) is 19.2 Å². The Kier molecular flexibility index (Phi) is 9.03. The molecule has 2 aromatic rings. The highest BCUT2D eigenvalue weighted by Gasteiger charge is 2.46. The fraction of sp³-hybridized carbons (Fsp3) is 0.500. The maximum Gasteiger partial charge on any atom is 0.247 e. The molecule has 5 atom stereocenters. The average molecular weight is 560 g/mol. The quantitative estimate of drug-likeness (QED) is 0.481. The molecule has 41 heavy (non-hydrogen) atoms. The van der Waals surface area contributed by atoms with E-state index in [1.54, 1.807) is 23.8 Å². The molecule has 0 saturated carbocycles. The highest BCUT2D eigenvalue weighted by molar-refractivity contribution is 5.94. The molecule has 9 nitrogen and oxygen atoms in total. The Balaban J connectivity index is 1.35. The van der Waals surface area contributed by atoms with E-state index in [-0.39, 0.29) is 48.7 Å². The molecule has 0 bridgehead atoms. The molecule has 2 heterocycles. The summed E-state index contributed by atoms with van der Waals surface area (Å²) in [6, 6.07) is 15.4. The molecule has 0 spiro atoms. The van der Waals surface area contributed by atoms with Crippen molar-refractivity contribution < 1.29 is 19.2 Å². The third-order valence-corrected chi connectivity index (χ3v) is 8.87. The van der Waals surface area contributed by atoms with Gasteiger partial charge in [-0.1, -0.05) is 54.6 Å². The molecule has 3 aliphatic rings. The maximum absolute atomic E-state index is 14.1. The van der Waals surface area contributed by atoms with Gasteiger partial charge in [0.15, 0.2) is 0 Å². The fourth-order valence-corrected chi connectivity index (χ4v) is 6.45. The van der Waals surface area contributed by atoms with Crippen molar-refractivity contribution in [2.45, 2.75) is 82.1 Å². The number of fused-ring (bicyclic) bond motifs is 2. The number of carbonyl (C=O) groups excluding carboxylic acids is 4. The van der Waals surface area contributed by atoms with Crippen molar-refractivity contribution in [3.05, 3.63) is 71.3 Å². The Morgan fingerprint density at radius 3 is 2.46 bits per heavy atom. The van der Waals surface area contributed by atoms with Crippen molar-refractivity contribution in [3.63, 3.8) is 0 Å². The highest BCUT2D eigenvalue weighted by Crippen LogP contribution is 2.33. The van der Waals surface area contributed by atoms with Crippen LogP contribution in [0.4, 0.5) is 0 Å². The lowest BCUT2D eigenvalue weighted by Gasteiger charge is -2.39. The predicted molar refractivity (Wildman–Crippen MR) is 156 cm³/mol. The van der Waals surface area contributed by atoms with Crippen LogP contribution >= 0.6 is 0 Å². The molecule has 5 rings (SSSR count). The van der Waals surface area contributed by atoms with Crippen LogP contribution in [0.1, 0.15) is 61.8 Å². The van der Waals surface area contributed by atoms with E-state index < -0.39 is 18.1 Å². The second-order valence-electron chi connectivity index (χ2n) is 11.5. The number of rotatable bonds is 7. The van der Waals surface area contributed by atoms with Gasteiger partial charge in [-0.2, -0.15) is 0 Å². The lowest BCUT2D eigenvalue weighted by atomic mass is 9.87. The fourth-order valence-electron chi connectivity index (χ4n) is 6.45. The van der Waals surface area contributed by atoms with Gasteiger partial charge in [-0.3, -0.25) is 19.2 Å². The van der Waals surface area contributed by atoms with Crippen LogP contribution in [0.25, 0.3) is 0 Å². The van der Waals surface area contributed by atoms with Crippen molar-refractivity contribution in [1.29, 1.82) is 0 Å². The summed E-state index contributed by atoms with van der Waals surface area (Å²) < 4.78 is 0. The number of nitrogens with zero attached hydrogens (tertiary/aromatic N) is 2. The summed E-state index contributed by atoms with van der Waals surface area (Å²) in [4.78, 5) is 57.5. The molecule has 2 fully saturated rings. The van der Waals surface area contributed by atoms with Crippen molar-refractivity contribution in [2.24, 2.45) is 0 Å². The van der Waals surface area contributed by atoms with Gasteiger partial charge in [-0.05, 0) is 69.2 Å². The summed E-state index contributed by atoms with van der Waals surface area (Å²) in [5.41, 5.74) is 3.32. The van der Waals surface area contributed by atoms with Gasteiger partial charge >= 0.3 is 0 Å². The minimum absolute atomic E-state index is 0.0697. The number of likely N-dealkylation sites (N-methyl/N-ethyl adjacent to an activating group) is 1. The van der Waals surface area contributed by atoms with Gasteiger partial charge in [-0.15, -0.1) is 0 Å². The SMILES string of the molecule is CN[C@@H](C)C(=O)N[C@H]1CN(C(=O)Cc2ccccc2)CC[C@H]2CC[C@@H](C(=O)N[C@@H]3CCCc4ccccc43)N2C1=O. The van der Waals surface area contributed by atoms with Gasteiger partial charge in [0.1, 0.15) is 12.1 Å². The summed E-state index contributed by atoms with van der Waals surface area (Å²) in [5, 5.41) is 9.04. The molecule has 1 aliphatic carbocycles. The molecule has 3 N–H and O–H groups in total. The standard InChI is InChI=1S/C32H41N5O4/c1-21(33-2)30(39)35-27-20-36(29(38)19-22-9-4-3-5-10-22)18-17-24-15-16-28(37(24)32(27)41)31(40)34-26-14-8-12-23-11-6-7-13-25(23)26/h3-7,9-11,13,21,24,26-28,33H,8,12,14-20H2,1-2H3,(H,34,40)(H,35,39)/t21-,24+,26+,27-,28-/m0/s1. The molecule has 218 valence electrons. The van der Waals surface area contributed by atoms with E-state index >= 15 is 0 Å². The second-order valence-corrected chi connectivity index (χ2v) is 11.5. The second kappa shape index (κ2) is 12.9. The maximum atomic E-state index is 14.1. The number of hydrogen-bond donors (Lipinski definition) is 3. The van der Waals surface area contributed by atoms with Crippen LogP contribution in [-0.4, -0.2) is 77.7 Å². The van der Waals surface area contributed by atoms with Gasteiger partial charge in [0.25, 0.3) is 0 Å². The van der Waals surface area contributed by atoms with E-state index in [4.69, 9.17) is 0 Å². The lowest BCUT2D eigenvalue weighted by molar-refractivity contribution is -0.147. The van der Waals surface area contributed by atoms with Gasteiger partial charge in [0.05, 0.1) is 18.5 Å². The molecule has 0 aromatic heterocycles. The first kappa shape index (κ1) is 28.8. The van der Waals surface area contributed by atoms with Gasteiger partial charge in [-0.25, -0.2) is 0 Å². The van der Waals surface area contributed by atoms with Crippen molar-refractivity contribution in [1.82, 2.24) is 25.8 Å². The van der Waals surface area contributed by atoms with E-state index in [0.29, 0.717) is 25.8 Å². The Labute approximate surface area is 242 Å². The van der Waals surface area contributed by atoms with E-state index in [1.165, 1.54) is 5.56 Å². The monoisotopic (exact) mass is 559 g/mol. The molecule has 2 saturated heterocycles. The summed E-state index contributed by atoms with van der Waals surface area (Å²) in [7, 11) is 1.68. The first-order chi connectivity index (χ1) is 19.9. The minimum Gasteiger partial charge on any atom is -0.347 e. The Hall–Kier alpha value is -3.72. The molecule has 0 radical (unpaired) electrons. The largest absolute Gasteiger partial charge is 0.347 e. The molecule has 0 unspecified atom stereocenters. The van der Waals surface area contributed by atoms with Gasteiger partial charge < -0.3 is 25.8 Å². The number of amides is 4. The van der Waals surface area contributed by atoms with Gasteiger partial charge in [0, 0.05) is 19.1 Å². The molecular formula is C32H41N5O4. The third kappa shape index (κ3) is 6.45. The smallest absolute Gasteiger partial charge is 0.247 e. The lowest BCUT2D eigenvalue weighted by Crippen LogP contribution is -2.62.